The Bertz CT molecular complexity index is 537. The van der Waals surface area contributed by atoms with Gasteiger partial charge in [0.1, 0.15) is 6.04 Å². The first kappa shape index (κ1) is 20.7. The molecule has 26 heavy (non-hydrogen) atoms. The Labute approximate surface area is 151 Å². The average molecular weight is 376 g/mol. The summed E-state index contributed by atoms with van der Waals surface area (Å²) in [7, 11) is 1.45. The van der Waals surface area contributed by atoms with Gasteiger partial charge >= 0.3 is 12.2 Å². The van der Waals surface area contributed by atoms with Crippen LogP contribution in [0.2, 0.25) is 0 Å². The van der Waals surface area contributed by atoms with Crippen LogP contribution in [0.25, 0.3) is 0 Å². The third-order valence-electron chi connectivity index (χ3n) is 5.58. The van der Waals surface area contributed by atoms with Gasteiger partial charge in [-0.15, -0.1) is 0 Å². The van der Waals surface area contributed by atoms with E-state index in [9.17, 15) is 22.8 Å². The van der Waals surface area contributed by atoms with Gasteiger partial charge in [-0.25, -0.2) is 14.6 Å². The lowest BCUT2D eigenvalue weighted by molar-refractivity contribution is -0.196. The van der Waals surface area contributed by atoms with E-state index < -0.39 is 18.2 Å². The van der Waals surface area contributed by atoms with Gasteiger partial charge in [0.25, 0.3) is 0 Å². The molecule has 0 aromatic heterocycles. The lowest BCUT2D eigenvalue weighted by atomic mass is 9.81. The molecule has 1 aliphatic carbocycles. The largest absolute Gasteiger partial charge is 0.405 e. The van der Waals surface area contributed by atoms with Crippen LogP contribution in [0, 0.1) is 11.8 Å². The molecule has 0 bridgehead atoms. The van der Waals surface area contributed by atoms with Gasteiger partial charge in [0.2, 0.25) is 6.08 Å². The number of urea groups is 1. The number of likely N-dealkylation sites (N-methyl/N-ethyl adjacent to an activating group) is 1. The maximum atomic E-state index is 13.2. The number of carbonyl (C=O) groups excluding carboxylic acids is 2. The van der Waals surface area contributed by atoms with Gasteiger partial charge in [-0.2, -0.15) is 13.2 Å². The SMILES string of the molecule is CC1CN(C(=O)NCC2CCCC(CN=C=O)C2)CC(C(F)(F)F)N1C. The topological polar surface area (TPSA) is 65.0 Å². The van der Waals surface area contributed by atoms with E-state index in [2.05, 4.69) is 10.3 Å². The quantitative estimate of drug-likeness (QED) is 0.605. The third kappa shape index (κ3) is 5.45. The number of nitrogens with zero attached hydrogens (tertiary/aromatic N) is 3. The van der Waals surface area contributed by atoms with Crippen molar-refractivity contribution < 1.29 is 22.8 Å². The highest BCUT2D eigenvalue weighted by molar-refractivity contribution is 5.74. The Kier molecular flexibility index (Phi) is 7.06. The highest BCUT2D eigenvalue weighted by Gasteiger charge is 2.48. The minimum absolute atomic E-state index is 0.267. The van der Waals surface area contributed by atoms with Crippen LogP contribution in [0.15, 0.2) is 4.99 Å². The number of alkyl halides is 3. The summed E-state index contributed by atoms with van der Waals surface area (Å²) in [5.74, 6) is 0.577. The van der Waals surface area contributed by atoms with E-state index >= 15 is 0 Å². The Hall–Kier alpha value is -1.60. The molecule has 2 aliphatic rings. The van der Waals surface area contributed by atoms with Crippen LogP contribution >= 0.6 is 0 Å². The van der Waals surface area contributed by atoms with E-state index in [1.54, 1.807) is 13.0 Å². The molecule has 2 rings (SSSR count). The fraction of sp³-hybridized carbons (Fsp3) is 0.882. The summed E-state index contributed by atoms with van der Waals surface area (Å²) in [6, 6.07) is -2.44. The second kappa shape index (κ2) is 8.86. The van der Waals surface area contributed by atoms with E-state index in [4.69, 9.17) is 0 Å². The van der Waals surface area contributed by atoms with E-state index in [0.29, 0.717) is 19.0 Å². The minimum Gasteiger partial charge on any atom is -0.338 e. The van der Waals surface area contributed by atoms with Gasteiger partial charge < -0.3 is 10.2 Å². The smallest absolute Gasteiger partial charge is 0.338 e. The Morgan fingerprint density at radius 1 is 1.27 bits per heavy atom. The number of hydrogen-bond acceptors (Lipinski definition) is 4. The van der Waals surface area contributed by atoms with Crippen molar-refractivity contribution in [2.24, 2.45) is 16.8 Å². The van der Waals surface area contributed by atoms with Crippen molar-refractivity contribution in [3.63, 3.8) is 0 Å². The summed E-state index contributed by atoms with van der Waals surface area (Å²) < 4.78 is 39.6. The van der Waals surface area contributed by atoms with Gasteiger partial charge in [0.05, 0.1) is 6.54 Å². The molecule has 148 valence electrons. The zero-order chi connectivity index (χ0) is 19.3. The van der Waals surface area contributed by atoms with Crippen LogP contribution in [0.3, 0.4) is 0 Å². The van der Waals surface area contributed by atoms with Crippen LogP contribution in [0.4, 0.5) is 18.0 Å². The number of piperazine rings is 1. The number of rotatable bonds is 4. The normalized spacial score (nSPS) is 30.6. The molecule has 0 spiro atoms. The van der Waals surface area contributed by atoms with Crippen molar-refractivity contribution in [3.05, 3.63) is 0 Å². The highest BCUT2D eigenvalue weighted by Crippen LogP contribution is 2.30. The summed E-state index contributed by atoms with van der Waals surface area (Å²) >= 11 is 0. The standard InChI is InChI=1S/C17H27F3N4O2/c1-12-9-24(10-15(23(12)2)17(18,19)20)16(26)22-8-14-5-3-4-13(6-14)7-21-11-25/h12-15H,3-10H2,1-2H3,(H,22,26). The second-order valence-electron chi connectivity index (χ2n) is 7.49. The Morgan fingerprint density at radius 2 is 1.96 bits per heavy atom. The summed E-state index contributed by atoms with van der Waals surface area (Å²) in [5.41, 5.74) is 0. The molecule has 0 aromatic rings. The van der Waals surface area contributed by atoms with Crippen LogP contribution in [-0.2, 0) is 4.79 Å². The number of carbonyl (C=O) groups is 1. The fourth-order valence-corrected chi connectivity index (χ4v) is 3.93. The molecule has 9 heteroatoms. The molecule has 1 heterocycles. The minimum atomic E-state index is -4.36. The van der Waals surface area contributed by atoms with Crippen LogP contribution in [0.1, 0.15) is 32.6 Å². The molecule has 1 saturated carbocycles. The summed E-state index contributed by atoms with van der Waals surface area (Å²) in [6.45, 7) is 2.51. The van der Waals surface area contributed by atoms with Crippen LogP contribution in [0.5, 0.6) is 0 Å². The number of nitrogens with one attached hydrogen (secondary N) is 1. The molecule has 1 N–H and O–H groups in total. The Morgan fingerprint density at radius 3 is 2.62 bits per heavy atom. The first-order valence-corrected chi connectivity index (χ1v) is 9.07. The number of isocyanates is 1. The molecular weight excluding hydrogens is 349 g/mol. The predicted octanol–water partition coefficient (Wildman–Crippen LogP) is 2.41. The van der Waals surface area contributed by atoms with Gasteiger partial charge in [-0.05, 0) is 45.1 Å². The molecule has 4 atom stereocenters. The molecular formula is C17H27F3N4O2. The van der Waals surface area contributed by atoms with Gasteiger partial charge in [0.15, 0.2) is 0 Å². The number of halogens is 3. The van der Waals surface area contributed by atoms with E-state index in [1.807, 2.05) is 0 Å². The van der Waals surface area contributed by atoms with Crippen LogP contribution < -0.4 is 5.32 Å². The van der Waals surface area contributed by atoms with Gasteiger partial charge in [-0.1, -0.05) is 6.42 Å². The molecule has 1 aliphatic heterocycles. The highest BCUT2D eigenvalue weighted by atomic mass is 19.4. The number of aliphatic imine (C=N–C) groups is 1. The summed E-state index contributed by atoms with van der Waals surface area (Å²) in [4.78, 5) is 28.8. The molecule has 0 radical (unpaired) electrons. The number of hydrogen-bond donors (Lipinski definition) is 1. The third-order valence-corrected chi connectivity index (χ3v) is 5.58. The fourth-order valence-electron chi connectivity index (χ4n) is 3.93. The average Bonchev–Trinajstić information content (AvgIpc) is 2.59. The summed E-state index contributed by atoms with van der Waals surface area (Å²) in [5, 5.41) is 2.80. The molecule has 2 fully saturated rings. The number of amides is 2. The van der Waals surface area contributed by atoms with E-state index in [-0.39, 0.29) is 25.0 Å². The molecule has 1 saturated heterocycles. The molecule has 0 aromatic carbocycles. The van der Waals surface area contributed by atoms with Crippen molar-refractivity contribution >= 4 is 12.1 Å². The molecule has 2 amide bonds. The second-order valence-corrected chi connectivity index (χ2v) is 7.49. The van der Waals surface area contributed by atoms with E-state index in [1.165, 1.54) is 16.8 Å². The zero-order valence-electron chi connectivity index (χ0n) is 15.3. The van der Waals surface area contributed by atoms with Gasteiger partial charge in [-0.3, -0.25) is 4.90 Å². The molecule has 4 unspecified atom stereocenters. The van der Waals surface area contributed by atoms with E-state index in [0.717, 1.165) is 25.7 Å². The summed E-state index contributed by atoms with van der Waals surface area (Å²) in [6.07, 6.45) is 1.01. The monoisotopic (exact) mass is 376 g/mol. The van der Waals surface area contributed by atoms with Gasteiger partial charge in [0, 0.05) is 25.7 Å². The molecule has 6 nitrogen and oxygen atoms in total. The maximum absolute atomic E-state index is 13.2. The zero-order valence-corrected chi connectivity index (χ0v) is 15.3. The lowest BCUT2D eigenvalue weighted by Crippen LogP contribution is -2.63. The van der Waals surface area contributed by atoms with Crippen molar-refractivity contribution in [1.82, 2.24) is 15.1 Å². The van der Waals surface area contributed by atoms with Crippen molar-refractivity contribution in [1.29, 1.82) is 0 Å². The first-order valence-electron chi connectivity index (χ1n) is 9.07. The van der Waals surface area contributed by atoms with Crippen molar-refractivity contribution in [2.45, 2.75) is 50.9 Å². The first-order chi connectivity index (χ1) is 12.2. The maximum Gasteiger partial charge on any atom is 0.405 e. The van der Waals surface area contributed by atoms with Crippen molar-refractivity contribution in [3.8, 4) is 0 Å². The van der Waals surface area contributed by atoms with Crippen molar-refractivity contribution in [2.75, 3.05) is 33.2 Å². The predicted molar refractivity (Wildman–Crippen MR) is 90.5 cm³/mol. The van der Waals surface area contributed by atoms with Crippen LogP contribution in [-0.4, -0.2) is 73.4 Å². The Balaban J connectivity index is 1.86. The lowest BCUT2D eigenvalue weighted by Gasteiger charge is -2.44.